The average Bonchev–Trinajstić information content (AvgIpc) is 3.45. The monoisotopic (exact) mass is 352 g/mol. The molecule has 1 saturated carbocycles. The maximum absolute atomic E-state index is 13.3. The molecule has 1 saturated heterocycles. The van der Waals surface area contributed by atoms with Crippen LogP contribution in [0.2, 0.25) is 0 Å². The van der Waals surface area contributed by atoms with Crippen LogP contribution >= 0.6 is 0 Å². The van der Waals surface area contributed by atoms with Gasteiger partial charge in [0.25, 0.3) is 5.91 Å². The van der Waals surface area contributed by atoms with E-state index in [1.54, 1.807) is 0 Å². The molecule has 0 spiro atoms. The van der Waals surface area contributed by atoms with Gasteiger partial charge in [0.05, 0.1) is 22.6 Å². The van der Waals surface area contributed by atoms with Gasteiger partial charge in [-0.15, -0.1) is 0 Å². The summed E-state index contributed by atoms with van der Waals surface area (Å²) in [5.41, 5.74) is 5.08. The summed E-state index contributed by atoms with van der Waals surface area (Å²) in [6.45, 7) is 10.9. The molecular formula is C21H28N4O. The number of carbonyl (C=O) groups is 1. The lowest BCUT2D eigenvalue weighted by Crippen LogP contribution is -2.48. The summed E-state index contributed by atoms with van der Waals surface area (Å²) in [6, 6.07) is 8.36. The number of hydrogen-bond donors (Lipinski definition) is 0. The van der Waals surface area contributed by atoms with Crippen LogP contribution < -0.4 is 0 Å². The third-order valence-corrected chi connectivity index (χ3v) is 5.71. The van der Waals surface area contributed by atoms with E-state index in [0.717, 1.165) is 68.2 Å². The molecule has 4 rings (SSSR count). The second-order valence-electron chi connectivity index (χ2n) is 7.59. The third-order valence-electron chi connectivity index (χ3n) is 5.71. The minimum atomic E-state index is 0.165. The quantitative estimate of drug-likeness (QED) is 0.849. The molecule has 1 amide bonds. The molecule has 2 fully saturated rings. The Morgan fingerprint density at radius 3 is 2.31 bits per heavy atom. The van der Waals surface area contributed by atoms with Crippen molar-refractivity contribution in [2.75, 3.05) is 32.7 Å². The standard InChI is InChI=1S/C21H28N4O/c1-4-23-11-13-24(14-12-23)21(26)19-16(3)25(22-20(19)17-7-8-17)18-9-5-15(2)6-10-18/h5-6,9-10,17H,4,7-8,11-14H2,1-3H3. The Morgan fingerprint density at radius 2 is 1.73 bits per heavy atom. The van der Waals surface area contributed by atoms with Crippen molar-refractivity contribution in [3.8, 4) is 5.69 Å². The van der Waals surface area contributed by atoms with Gasteiger partial charge in [-0.25, -0.2) is 4.68 Å². The first-order valence-electron chi connectivity index (χ1n) is 9.76. The fourth-order valence-electron chi connectivity index (χ4n) is 3.79. The Kier molecular flexibility index (Phi) is 4.57. The summed E-state index contributed by atoms with van der Waals surface area (Å²) in [5, 5.41) is 4.88. The first kappa shape index (κ1) is 17.3. The van der Waals surface area contributed by atoms with Gasteiger partial charge in [0.2, 0.25) is 0 Å². The zero-order valence-corrected chi connectivity index (χ0v) is 16.0. The molecule has 1 aliphatic carbocycles. The predicted octanol–water partition coefficient (Wildman–Crippen LogP) is 3.14. The van der Waals surface area contributed by atoms with Gasteiger partial charge in [-0.1, -0.05) is 24.6 Å². The Labute approximate surface area is 155 Å². The van der Waals surface area contributed by atoms with Gasteiger partial charge in [-0.2, -0.15) is 5.10 Å². The SMILES string of the molecule is CCN1CCN(C(=O)c2c(C3CC3)nn(-c3ccc(C)cc3)c2C)CC1. The van der Waals surface area contributed by atoms with Crippen molar-refractivity contribution >= 4 is 5.91 Å². The van der Waals surface area contributed by atoms with Crippen LogP contribution in [0.4, 0.5) is 0 Å². The van der Waals surface area contributed by atoms with E-state index in [0.29, 0.717) is 5.92 Å². The highest BCUT2D eigenvalue weighted by molar-refractivity contribution is 5.97. The highest BCUT2D eigenvalue weighted by Crippen LogP contribution is 2.42. The second-order valence-corrected chi connectivity index (χ2v) is 7.59. The van der Waals surface area contributed by atoms with Crippen LogP contribution in [0.5, 0.6) is 0 Å². The van der Waals surface area contributed by atoms with Crippen molar-refractivity contribution in [1.29, 1.82) is 0 Å². The molecule has 1 aliphatic heterocycles. The molecule has 26 heavy (non-hydrogen) atoms. The van der Waals surface area contributed by atoms with Crippen molar-refractivity contribution in [3.63, 3.8) is 0 Å². The Hall–Kier alpha value is -2.14. The number of rotatable bonds is 4. The molecule has 1 aromatic heterocycles. The summed E-state index contributed by atoms with van der Waals surface area (Å²) in [5.74, 6) is 0.620. The summed E-state index contributed by atoms with van der Waals surface area (Å²) >= 11 is 0. The smallest absolute Gasteiger partial charge is 0.257 e. The van der Waals surface area contributed by atoms with Crippen molar-refractivity contribution in [2.24, 2.45) is 0 Å². The van der Waals surface area contributed by atoms with Crippen molar-refractivity contribution < 1.29 is 4.79 Å². The van der Waals surface area contributed by atoms with Gasteiger partial charge >= 0.3 is 0 Å². The fourth-order valence-corrected chi connectivity index (χ4v) is 3.79. The molecular weight excluding hydrogens is 324 g/mol. The summed E-state index contributed by atoms with van der Waals surface area (Å²) in [7, 11) is 0. The lowest BCUT2D eigenvalue weighted by atomic mass is 10.1. The lowest BCUT2D eigenvalue weighted by molar-refractivity contribution is 0.0641. The van der Waals surface area contributed by atoms with Crippen molar-refractivity contribution in [1.82, 2.24) is 19.6 Å². The van der Waals surface area contributed by atoms with Gasteiger partial charge < -0.3 is 9.80 Å². The van der Waals surface area contributed by atoms with E-state index in [-0.39, 0.29) is 5.91 Å². The Balaban J connectivity index is 1.67. The van der Waals surface area contributed by atoms with E-state index in [2.05, 4.69) is 43.0 Å². The molecule has 5 heteroatoms. The molecule has 5 nitrogen and oxygen atoms in total. The van der Waals surface area contributed by atoms with Crippen LogP contribution in [-0.4, -0.2) is 58.2 Å². The van der Waals surface area contributed by atoms with Crippen LogP contribution in [0, 0.1) is 13.8 Å². The highest BCUT2D eigenvalue weighted by Gasteiger charge is 2.35. The minimum absolute atomic E-state index is 0.165. The molecule has 1 aromatic carbocycles. The maximum atomic E-state index is 13.3. The topological polar surface area (TPSA) is 41.4 Å². The third kappa shape index (κ3) is 3.16. The van der Waals surface area contributed by atoms with E-state index < -0.39 is 0 Å². The number of benzene rings is 1. The van der Waals surface area contributed by atoms with Gasteiger partial charge in [-0.05, 0) is 45.4 Å². The van der Waals surface area contributed by atoms with Crippen LogP contribution in [0.1, 0.15) is 53.0 Å². The number of nitrogens with zero attached hydrogens (tertiary/aromatic N) is 4. The number of likely N-dealkylation sites (N-methyl/N-ethyl adjacent to an activating group) is 1. The molecule has 2 heterocycles. The first-order valence-corrected chi connectivity index (χ1v) is 9.76. The van der Waals surface area contributed by atoms with Gasteiger partial charge in [0.15, 0.2) is 0 Å². The molecule has 138 valence electrons. The maximum Gasteiger partial charge on any atom is 0.257 e. The van der Waals surface area contributed by atoms with Crippen LogP contribution in [0.3, 0.4) is 0 Å². The lowest BCUT2D eigenvalue weighted by Gasteiger charge is -2.34. The number of piperazine rings is 1. The molecule has 0 radical (unpaired) electrons. The summed E-state index contributed by atoms with van der Waals surface area (Å²) < 4.78 is 1.96. The van der Waals surface area contributed by atoms with E-state index in [9.17, 15) is 4.79 Å². The van der Waals surface area contributed by atoms with Crippen molar-refractivity contribution in [3.05, 3.63) is 46.8 Å². The number of hydrogen-bond acceptors (Lipinski definition) is 3. The van der Waals surface area contributed by atoms with E-state index >= 15 is 0 Å². The Morgan fingerprint density at radius 1 is 1.08 bits per heavy atom. The fraction of sp³-hybridized carbons (Fsp3) is 0.524. The normalized spacial score (nSPS) is 18.3. The summed E-state index contributed by atoms with van der Waals surface area (Å²) in [6.07, 6.45) is 2.29. The van der Waals surface area contributed by atoms with Crippen LogP contribution in [0.15, 0.2) is 24.3 Å². The number of aromatic nitrogens is 2. The molecule has 0 N–H and O–H groups in total. The minimum Gasteiger partial charge on any atom is -0.336 e. The number of amides is 1. The second kappa shape index (κ2) is 6.88. The molecule has 0 atom stereocenters. The average molecular weight is 352 g/mol. The molecule has 0 bridgehead atoms. The largest absolute Gasteiger partial charge is 0.336 e. The molecule has 2 aromatic rings. The van der Waals surface area contributed by atoms with Gasteiger partial charge in [0.1, 0.15) is 0 Å². The molecule has 2 aliphatic rings. The summed E-state index contributed by atoms with van der Waals surface area (Å²) in [4.78, 5) is 17.7. The Bertz CT molecular complexity index is 796. The zero-order chi connectivity index (χ0) is 18.3. The van der Waals surface area contributed by atoms with Gasteiger partial charge in [0, 0.05) is 32.1 Å². The number of aryl methyl sites for hydroxylation is 1. The van der Waals surface area contributed by atoms with Crippen molar-refractivity contribution in [2.45, 2.75) is 39.5 Å². The van der Waals surface area contributed by atoms with Gasteiger partial charge in [-0.3, -0.25) is 4.79 Å². The van der Waals surface area contributed by atoms with Crippen LogP contribution in [0.25, 0.3) is 5.69 Å². The van der Waals surface area contributed by atoms with Crippen LogP contribution in [-0.2, 0) is 0 Å². The first-order chi connectivity index (χ1) is 12.6. The number of carbonyl (C=O) groups excluding carboxylic acids is 1. The predicted molar refractivity (Wildman–Crippen MR) is 103 cm³/mol. The van der Waals surface area contributed by atoms with E-state index in [4.69, 9.17) is 5.10 Å². The zero-order valence-electron chi connectivity index (χ0n) is 16.0. The van der Waals surface area contributed by atoms with E-state index in [1.165, 1.54) is 5.56 Å². The highest BCUT2D eigenvalue weighted by atomic mass is 16.2. The molecule has 0 unspecified atom stereocenters. The van der Waals surface area contributed by atoms with E-state index in [1.807, 2.05) is 16.5 Å².